The van der Waals surface area contributed by atoms with Crippen LogP contribution >= 0.6 is 0 Å². The van der Waals surface area contributed by atoms with Gasteiger partial charge < -0.3 is 19.3 Å². The molecule has 2 aromatic rings. The molecule has 0 aliphatic heterocycles. The van der Waals surface area contributed by atoms with Gasteiger partial charge in [0.1, 0.15) is 17.0 Å². The van der Waals surface area contributed by atoms with Crippen molar-refractivity contribution in [2.45, 2.75) is 44.6 Å². The van der Waals surface area contributed by atoms with Crippen molar-refractivity contribution in [2.24, 2.45) is 0 Å². The average Bonchev–Trinajstić information content (AvgIpc) is 3.09. The van der Waals surface area contributed by atoms with Crippen LogP contribution in [0.15, 0.2) is 22.7 Å². The Kier molecular flexibility index (Phi) is 4.92. The molecule has 7 nitrogen and oxygen atoms in total. The molecule has 1 fully saturated rings. The summed E-state index contributed by atoms with van der Waals surface area (Å²) in [6, 6.07) is 5.11. The van der Waals surface area contributed by atoms with E-state index in [1.807, 2.05) is 0 Å². The molecule has 7 heteroatoms. The molecule has 1 aliphatic carbocycles. The molecule has 1 amide bonds. The highest BCUT2D eigenvalue weighted by Gasteiger charge is 2.39. The summed E-state index contributed by atoms with van der Waals surface area (Å²) in [4.78, 5) is 17.3. The van der Waals surface area contributed by atoms with Gasteiger partial charge in [0.05, 0.1) is 14.2 Å². The molecule has 0 saturated heterocycles. The fraction of sp³-hybridized carbons (Fsp3) is 0.500. The molecule has 134 valence electrons. The first kappa shape index (κ1) is 17.3. The van der Waals surface area contributed by atoms with Gasteiger partial charge in [0.2, 0.25) is 5.89 Å². The number of rotatable bonds is 5. The van der Waals surface area contributed by atoms with Gasteiger partial charge in [-0.3, -0.25) is 4.79 Å². The maximum Gasteiger partial charge on any atom is 0.252 e. The van der Waals surface area contributed by atoms with Crippen LogP contribution in [0.5, 0.6) is 11.5 Å². The molecule has 3 rings (SSSR count). The third-order valence-corrected chi connectivity index (χ3v) is 4.63. The zero-order chi connectivity index (χ0) is 17.9. The highest BCUT2D eigenvalue weighted by atomic mass is 16.5. The van der Waals surface area contributed by atoms with E-state index in [0.29, 0.717) is 28.8 Å². The normalized spacial score (nSPS) is 16.3. The van der Waals surface area contributed by atoms with Crippen molar-refractivity contribution in [3.05, 3.63) is 35.5 Å². The van der Waals surface area contributed by atoms with Gasteiger partial charge in [-0.25, -0.2) is 0 Å². The van der Waals surface area contributed by atoms with E-state index in [4.69, 9.17) is 14.0 Å². The van der Waals surface area contributed by atoms with Gasteiger partial charge in [-0.2, -0.15) is 4.98 Å². The summed E-state index contributed by atoms with van der Waals surface area (Å²) in [5, 5.41) is 7.22. The monoisotopic (exact) mass is 345 g/mol. The first-order valence-electron chi connectivity index (χ1n) is 8.43. The van der Waals surface area contributed by atoms with E-state index in [0.717, 1.165) is 32.1 Å². The van der Waals surface area contributed by atoms with Crippen LogP contribution in [0, 0.1) is 6.92 Å². The Bertz CT molecular complexity index is 728. The predicted molar refractivity (Wildman–Crippen MR) is 90.8 cm³/mol. The SMILES string of the molecule is COc1cc(OC)cc(C(=O)NC2(c3noc(C)n3)CCCCC2)c1. The summed E-state index contributed by atoms with van der Waals surface area (Å²) in [5.74, 6) is 1.97. The molecule has 25 heavy (non-hydrogen) atoms. The minimum Gasteiger partial charge on any atom is -0.497 e. The Morgan fingerprint density at radius 1 is 1.12 bits per heavy atom. The Labute approximate surface area is 146 Å². The molecule has 1 aromatic carbocycles. The largest absolute Gasteiger partial charge is 0.497 e. The van der Waals surface area contributed by atoms with Gasteiger partial charge in [0.25, 0.3) is 5.91 Å². The number of carbonyl (C=O) groups is 1. The predicted octanol–water partition coefficient (Wildman–Crippen LogP) is 2.98. The van der Waals surface area contributed by atoms with Crippen molar-refractivity contribution in [1.29, 1.82) is 0 Å². The molecule has 1 aromatic heterocycles. The Morgan fingerprint density at radius 2 is 1.76 bits per heavy atom. The number of aryl methyl sites for hydroxylation is 1. The number of methoxy groups -OCH3 is 2. The standard InChI is InChI=1S/C18H23N3O4/c1-12-19-17(21-25-12)18(7-5-4-6-8-18)20-16(22)13-9-14(23-2)11-15(10-13)24-3/h9-11H,4-8H2,1-3H3,(H,20,22). The third kappa shape index (κ3) is 3.60. The number of aromatic nitrogens is 2. The van der Waals surface area contributed by atoms with Crippen LogP contribution < -0.4 is 14.8 Å². The van der Waals surface area contributed by atoms with Crippen molar-refractivity contribution in [3.8, 4) is 11.5 Å². The molecular formula is C18H23N3O4. The second-order valence-corrected chi connectivity index (χ2v) is 6.34. The van der Waals surface area contributed by atoms with Crippen LogP contribution in [0.1, 0.15) is 54.2 Å². The molecular weight excluding hydrogens is 322 g/mol. The number of hydrogen-bond acceptors (Lipinski definition) is 6. The smallest absolute Gasteiger partial charge is 0.252 e. The molecule has 0 atom stereocenters. The zero-order valence-corrected chi connectivity index (χ0v) is 14.8. The number of nitrogens with zero attached hydrogens (tertiary/aromatic N) is 2. The van der Waals surface area contributed by atoms with Gasteiger partial charge in [-0.15, -0.1) is 0 Å². The molecule has 0 unspecified atom stereocenters. The fourth-order valence-corrected chi connectivity index (χ4v) is 3.28. The minimum atomic E-state index is -0.594. The summed E-state index contributed by atoms with van der Waals surface area (Å²) in [6.45, 7) is 1.75. The number of ether oxygens (including phenoxy) is 2. The Hall–Kier alpha value is -2.57. The first-order valence-corrected chi connectivity index (χ1v) is 8.43. The molecule has 1 heterocycles. The summed E-state index contributed by atoms with van der Waals surface area (Å²) in [6.07, 6.45) is 4.74. The second-order valence-electron chi connectivity index (χ2n) is 6.34. The third-order valence-electron chi connectivity index (χ3n) is 4.63. The van der Waals surface area contributed by atoms with Crippen LogP contribution in [0.3, 0.4) is 0 Å². The van der Waals surface area contributed by atoms with Crippen LogP contribution in [0.2, 0.25) is 0 Å². The molecule has 0 bridgehead atoms. The highest BCUT2D eigenvalue weighted by molar-refractivity contribution is 5.95. The van der Waals surface area contributed by atoms with E-state index in [2.05, 4.69) is 15.5 Å². The Morgan fingerprint density at radius 3 is 2.28 bits per heavy atom. The van der Waals surface area contributed by atoms with E-state index < -0.39 is 5.54 Å². The van der Waals surface area contributed by atoms with Gasteiger partial charge >= 0.3 is 0 Å². The minimum absolute atomic E-state index is 0.207. The van der Waals surface area contributed by atoms with Crippen LogP contribution in [-0.4, -0.2) is 30.3 Å². The average molecular weight is 345 g/mol. The summed E-state index contributed by atoms with van der Waals surface area (Å²) < 4.78 is 15.7. The van der Waals surface area contributed by atoms with Crippen molar-refractivity contribution >= 4 is 5.91 Å². The van der Waals surface area contributed by atoms with E-state index in [1.54, 1.807) is 39.3 Å². The number of hydrogen-bond donors (Lipinski definition) is 1. The number of carbonyl (C=O) groups excluding carboxylic acids is 1. The topological polar surface area (TPSA) is 86.5 Å². The summed E-state index contributed by atoms with van der Waals surface area (Å²) in [7, 11) is 3.11. The molecule has 0 spiro atoms. The second kappa shape index (κ2) is 7.13. The lowest BCUT2D eigenvalue weighted by atomic mass is 9.80. The van der Waals surface area contributed by atoms with Gasteiger partial charge in [0.15, 0.2) is 5.82 Å². The maximum atomic E-state index is 12.9. The summed E-state index contributed by atoms with van der Waals surface area (Å²) >= 11 is 0. The lowest BCUT2D eigenvalue weighted by Crippen LogP contribution is -2.48. The molecule has 0 radical (unpaired) electrons. The number of benzene rings is 1. The quantitative estimate of drug-likeness (QED) is 0.896. The van der Waals surface area contributed by atoms with E-state index in [-0.39, 0.29) is 5.91 Å². The van der Waals surface area contributed by atoms with Gasteiger partial charge in [-0.05, 0) is 25.0 Å². The van der Waals surface area contributed by atoms with Gasteiger partial charge in [0, 0.05) is 18.6 Å². The maximum absolute atomic E-state index is 12.9. The lowest BCUT2D eigenvalue weighted by Gasteiger charge is -2.35. The zero-order valence-electron chi connectivity index (χ0n) is 14.8. The van der Waals surface area contributed by atoms with Crippen LogP contribution in [0.4, 0.5) is 0 Å². The highest BCUT2D eigenvalue weighted by Crippen LogP contribution is 2.36. The molecule has 1 N–H and O–H groups in total. The first-order chi connectivity index (χ1) is 12.1. The van der Waals surface area contributed by atoms with Crippen LogP contribution in [0.25, 0.3) is 0 Å². The molecule has 1 aliphatic rings. The fourth-order valence-electron chi connectivity index (χ4n) is 3.28. The van der Waals surface area contributed by atoms with E-state index in [9.17, 15) is 4.79 Å². The van der Waals surface area contributed by atoms with Crippen molar-refractivity contribution in [3.63, 3.8) is 0 Å². The number of nitrogens with one attached hydrogen (secondary N) is 1. The Balaban J connectivity index is 1.91. The summed E-state index contributed by atoms with van der Waals surface area (Å²) in [5.41, 5.74) is -0.120. The van der Waals surface area contributed by atoms with Gasteiger partial charge in [-0.1, -0.05) is 24.4 Å². The van der Waals surface area contributed by atoms with Crippen molar-refractivity contribution in [1.82, 2.24) is 15.5 Å². The number of amides is 1. The van der Waals surface area contributed by atoms with Crippen molar-refractivity contribution in [2.75, 3.05) is 14.2 Å². The lowest BCUT2D eigenvalue weighted by molar-refractivity contribution is 0.0854. The van der Waals surface area contributed by atoms with Crippen molar-refractivity contribution < 1.29 is 18.8 Å². The molecule has 1 saturated carbocycles. The van der Waals surface area contributed by atoms with E-state index in [1.165, 1.54) is 0 Å². The van der Waals surface area contributed by atoms with E-state index >= 15 is 0 Å². The van der Waals surface area contributed by atoms with Crippen LogP contribution in [-0.2, 0) is 5.54 Å².